The monoisotopic (exact) mass is 638 g/mol. The molecule has 0 radical (unpaired) electrons. The number of nitrogens with zero attached hydrogens (tertiary/aromatic N) is 2. The van der Waals surface area contributed by atoms with Crippen molar-refractivity contribution in [2.24, 2.45) is 0 Å². The van der Waals surface area contributed by atoms with Crippen LogP contribution in [0, 0.1) is 13.8 Å². The van der Waals surface area contributed by atoms with Crippen molar-refractivity contribution < 1.29 is 35.8 Å². The summed E-state index contributed by atoms with van der Waals surface area (Å²) in [4.78, 5) is 0. The Hall–Kier alpha value is -3.55. The Bertz CT molecular complexity index is 1720. The Morgan fingerprint density at radius 3 is 1.91 bits per heavy atom. The normalized spacial score (nSPS) is 11.4. The molecule has 0 atom stereocenters. The van der Waals surface area contributed by atoms with Crippen molar-refractivity contribution in [3.63, 3.8) is 0 Å². The van der Waals surface area contributed by atoms with E-state index in [9.17, 15) is 0 Å². The third kappa shape index (κ3) is 7.00. The van der Waals surface area contributed by atoms with Crippen LogP contribution in [0.15, 0.2) is 97.1 Å². The summed E-state index contributed by atoms with van der Waals surface area (Å²) in [5.74, 6) is 1.15. The van der Waals surface area contributed by atoms with Crippen molar-refractivity contribution in [2.75, 3.05) is 33.5 Å². The summed E-state index contributed by atoms with van der Waals surface area (Å²) in [5.41, 5.74) is 7.56. The maximum Gasteiger partial charge on any atom is 0.284 e. The average Bonchev–Trinajstić information content (AvgIpc) is 3.27. The highest BCUT2D eigenvalue weighted by molar-refractivity contribution is 5.84. The van der Waals surface area contributed by atoms with Crippen LogP contribution in [0.1, 0.15) is 28.1 Å². The van der Waals surface area contributed by atoms with Gasteiger partial charge in [-0.3, -0.25) is 0 Å². The van der Waals surface area contributed by atoms with Crippen molar-refractivity contribution in [3.8, 4) is 0 Å². The number of aryl methyl sites for hydroxylation is 2. The first-order chi connectivity index (χ1) is 20.6. The van der Waals surface area contributed by atoms with Crippen LogP contribution in [0.5, 0.6) is 0 Å². The molecule has 0 saturated heterocycles. The minimum atomic E-state index is 0. The molecule has 0 bridgehead atoms. The number of hydrogen-bond donors (Lipinski definition) is 0. The van der Waals surface area contributed by atoms with Crippen LogP contribution in [0.2, 0.25) is 0 Å². The molecule has 0 spiro atoms. The molecule has 1 heterocycles. The zero-order valence-corrected chi connectivity index (χ0v) is 26.8. The lowest BCUT2D eigenvalue weighted by atomic mass is 10.1. The van der Waals surface area contributed by atoms with Gasteiger partial charge in [0.1, 0.15) is 19.7 Å². The lowest BCUT2D eigenvalue weighted by molar-refractivity contribution is -0.673. The molecule has 6 heteroatoms. The fourth-order valence-corrected chi connectivity index (χ4v) is 5.72. The maximum atomic E-state index is 6.28. The molecule has 43 heavy (non-hydrogen) atoms. The number of fused-ring (bicyclic) bond motifs is 3. The quantitative estimate of drug-likeness (QED) is 0.149. The minimum absolute atomic E-state index is 0. The van der Waals surface area contributed by atoms with Crippen molar-refractivity contribution in [2.45, 2.75) is 33.5 Å². The molecular weight excluding hydrogens is 600 g/mol. The van der Waals surface area contributed by atoms with Crippen molar-refractivity contribution >= 4 is 32.6 Å². The van der Waals surface area contributed by atoms with Crippen molar-refractivity contribution in [1.29, 1.82) is 0 Å². The maximum absolute atomic E-state index is 6.28. The lowest BCUT2D eigenvalue weighted by Gasteiger charge is -2.09. The summed E-state index contributed by atoms with van der Waals surface area (Å²) in [6.07, 6.45) is 0. The van der Waals surface area contributed by atoms with E-state index >= 15 is 0 Å². The zero-order valence-electron chi connectivity index (χ0n) is 25.2. The number of methoxy groups -OCH3 is 1. The van der Waals surface area contributed by atoms with E-state index in [0.29, 0.717) is 33.0 Å². The highest BCUT2D eigenvalue weighted by atomic mass is 79.9. The van der Waals surface area contributed by atoms with Gasteiger partial charge in [0.15, 0.2) is 11.0 Å². The number of ether oxygens (including phenoxy) is 3. The topological polar surface area (TPSA) is 36.5 Å². The Kier molecular flexibility index (Phi) is 10.3. The summed E-state index contributed by atoms with van der Waals surface area (Å²) in [6.45, 7) is 8.63. The second-order valence-corrected chi connectivity index (χ2v) is 11.0. The van der Waals surface area contributed by atoms with Crippen LogP contribution < -0.4 is 21.5 Å². The molecule has 0 aliphatic carbocycles. The minimum Gasteiger partial charge on any atom is -1.00 e. The molecule has 0 N–H and O–H groups in total. The van der Waals surface area contributed by atoms with E-state index in [1.54, 1.807) is 7.11 Å². The summed E-state index contributed by atoms with van der Waals surface area (Å²) in [6, 6.07) is 35.3. The van der Waals surface area contributed by atoms with Crippen molar-refractivity contribution in [1.82, 2.24) is 4.57 Å². The van der Waals surface area contributed by atoms with Gasteiger partial charge in [0.05, 0.1) is 26.4 Å². The number of imidazole rings is 1. The zero-order chi connectivity index (χ0) is 28.9. The third-order valence-electron chi connectivity index (χ3n) is 8.14. The van der Waals surface area contributed by atoms with Gasteiger partial charge in [0.25, 0.3) is 5.82 Å². The Morgan fingerprint density at radius 2 is 1.21 bits per heavy atom. The summed E-state index contributed by atoms with van der Waals surface area (Å²) in [7, 11) is 1.69. The van der Waals surface area contributed by atoms with Gasteiger partial charge < -0.3 is 31.2 Å². The highest BCUT2D eigenvalue weighted by Gasteiger charge is 2.26. The molecule has 5 nitrogen and oxygen atoms in total. The van der Waals surface area contributed by atoms with E-state index in [4.69, 9.17) is 14.2 Å². The number of benzene rings is 5. The second kappa shape index (κ2) is 14.3. The predicted octanol–water partition coefficient (Wildman–Crippen LogP) is 4.13. The third-order valence-corrected chi connectivity index (χ3v) is 8.14. The molecule has 6 rings (SSSR count). The second-order valence-electron chi connectivity index (χ2n) is 11.0. The highest BCUT2D eigenvalue weighted by Crippen LogP contribution is 2.24. The van der Waals surface area contributed by atoms with Gasteiger partial charge in [0, 0.05) is 7.11 Å². The average molecular weight is 640 g/mol. The van der Waals surface area contributed by atoms with Gasteiger partial charge in [0.2, 0.25) is 0 Å². The molecule has 222 valence electrons. The first-order valence-electron chi connectivity index (χ1n) is 14.7. The molecule has 1 aromatic heterocycles. The Morgan fingerprint density at radius 1 is 0.628 bits per heavy atom. The molecule has 0 fully saturated rings. The van der Waals surface area contributed by atoms with Crippen LogP contribution >= 0.6 is 0 Å². The Labute approximate surface area is 264 Å². The molecule has 0 amide bonds. The van der Waals surface area contributed by atoms with E-state index in [1.807, 2.05) is 0 Å². The molecule has 5 aromatic carbocycles. The number of halogens is 1. The number of aromatic nitrogens is 2. The van der Waals surface area contributed by atoms with Crippen LogP contribution in [0.25, 0.3) is 32.6 Å². The molecule has 0 unspecified atom stereocenters. The van der Waals surface area contributed by atoms with Crippen LogP contribution in [-0.2, 0) is 33.9 Å². The number of rotatable bonds is 12. The van der Waals surface area contributed by atoms with Gasteiger partial charge in [-0.2, -0.15) is 0 Å². The molecule has 0 aliphatic heterocycles. The SMILES string of the molecule is COCCOCCOCc1n(Cc2ccc3ccccc3c2)c2cc(C)c(C)cc2[n+]1Cc1ccc2ccccc2c1.[Br-]. The fraction of sp³-hybridized carbons (Fsp3) is 0.270. The summed E-state index contributed by atoms with van der Waals surface area (Å²) >= 11 is 0. The molecule has 0 saturated carbocycles. The first kappa shape index (κ1) is 30.9. The lowest BCUT2D eigenvalue weighted by Crippen LogP contribution is -3.00. The van der Waals surface area contributed by atoms with Crippen molar-refractivity contribution in [3.05, 3.63) is 125 Å². The van der Waals surface area contributed by atoms with Gasteiger partial charge >= 0.3 is 0 Å². The summed E-state index contributed by atoms with van der Waals surface area (Å²) in [5, 5.41) is 5.03. The van der Waals surface area contributed by atoms with Crippen LogP contribution in [-0.4, -0.2) is 38.1 Å². The van der Waals surface area contributed by atoms with Crippen LogP contribution in [0.3, 0.4) is 0 Å². The van der Waals surface area contributed by atoms with Gasteiger partial charge in [-0.05, 0) is 81.9 Å². The van der Waals surface area contributed by atoms with E-state index in [2.05, 4.69) is 120 Å². The van der Waals surface area contributed by atoms with Gasteiger partial charge in [-0.25, -0.2) is 9.13 Å². The Balaban J connectivity index is 0.00000368. The predicted molar refractivity (Wildman–Crippen MR) is 170 cm³/mol. The molecule has 6 aromatic rings. The standard InChI is InChI=1S/C37H39N2O3.BrH/c1-27-20-35-36(21-28(27)2)39(25-30-13-15-32-9-5-7-11-34(32)23-30)37(26-42-19-18-41-17-16-40-3)38(35)24-29-12-14-31-8-4-6-10-33(31)22-29;/h4-15,20-23H,16-19,24-26H2,1-3H3;1H/q+1;/p-1. The fourth-order valence-electron chi connectivity index (χ4n) is 5.72. The smallest absolute Gasteiger partial charge is 0.284 e. The molecular formula is C37H39BrN2O3. The largest absolute Gasteiger partial charge is 1.00 e. The van der Waals surface area contributed by atoms with E-state index in [-0.39, 0.29) is 17.0 Å². The van der Waals surface area contributed by atoms with Gasteiger partial charge in [-0.15, -0.1) is 0 Å². The van der Waals surface area contributed by atoms with E-state index in [0.717, 1.165) is 18.9 Å². The van der Waals surface area contributed by atoms with Crippen LogP contribution in [0.4, 0.5) is 0 Å². The van der Waals surface area contributed by atoms with Gasteiger partial charge in [-0.1, -0.05) is 72.8 Å². The van der Waals surface area contributed by atoms with E-state index < -0.39 is 0 Å². The first-order valence-corrected chi connectivity index (χ1v) is 14.7. The van der Waals surface area contributed by atoms with E-state index in [1.165, 1.54) is 54.8 Å². The summed E-state index contributed by atoms with van der Waals surface area (Å²) < 4.78 is 21.9. The molecule has 0 aliphatic rings. The number of hydrogen-bond acceptors (Lipinski definition) is 3.